The van der Waals surface area contributed by atoms with Crippen molar-refractivity contribution in [3.8, 4) is 22.6 Å². The fraction of sp³-hybridized carbons (Fsp3) is 0.158. The molecule has 5 nitrogen and oxygen atoms in total. The maximum Gasteiger partial charge on any atom is 0.256 e. The van der Waals surface area contributed by atoms with Crippen molar-refractivity contribution in [3.63, 3.8) is 0 Å². The molecule has 0 aliphatic rings. The molecule has 0 fully saturated rings. The number of pyridine rings is 1. The second kappa shape index (κ2) is 6.20. The van der Waals surface area contributed by atoms with E-state index < -0.39 is 0 Å². The highest BCUT2D eigenvalue weighted by Gasteiger charge is 2.11. The Labute approximate surface area is 138 Å². The van der Waals surface area contributed by atoms with E-state index in [4.69, 9.17) is 9.47 Å². The molecule has 1 heterocycles. The predicted molar refractivity (Wildman–Crippen MR) is 93.1 cm³/mol. The van der Waals surface area contributed by atoms with Crippen LogP contribution in [0.2, 0.25) is 0 Å². The molecule has 1 N–H and O–H groups in total. The Bertz CT molecular complexity index is 971. The average Bonchev–Trinajstić information content (AvgIpc) is 2.60. The number of aromatic amines is 1. The summed E-state index contributed by atoms with van der Waals surface area (Å²) < 4.78 is 10.6. The van der Waals surface area contributed by atoms with Crippen LogP contribution in [0.25, 0.3) is 22.0 Å². The molecule has 0 aliphatic carbocycles. The fourth-order valence-electron chi connectivity index (χ4n) is 2.64. The van der Waals surface area contributed by atoms with Crippen LogP contribution in [0.3, 0.4) is 0 Å². The fourth-order valence-corrected chi connectivity index (χ4v) is 2.64. The van der Waals surface area contributed by atoms with Crippen LogP contribution in [0.15, 0.2) is 47.3 Å². The van der Waals surface area contributed by atoms with Crippen LogP contribution in [0.1, 0.15) is 17.3 Å². The van der Waals surface area contributed by atoms with E-state index in [-0.39, 0.29) is 11.3 Å². The van der Waals surface area contributed by atoms with E-state index >= 15 is 0 Å². The quantitative estimate of drug-likeness (QED) is 0.747. The van der Waals surface area contributed by atoms with E-state index in [1.807, 2.05) is 0 Å². The summed E-state index contributed by atoms with van der Waals surface area (Å²) in [7, 11) is 3.13. The summed E-state index contributed by atoms with van der Waals surface area (Å²) in [5.41, 5.74) is 2.29. The number of benzene rings is 2. The van der Waals surface area contributed by atoms with Crippen LogP contribution in [0.4, 0.5) is 0 Å². The SMILES string of the molecule is COc1cc(OC)c2cc(-c3ccc(C(C)=O)cc3)c(=O)[nH]c2c1. The number of carbonyl (C=O) groups excluding carboxylic acids is 1. The molecule has 0 bridgehead atoms. The largest absolute Gasteiger partial charge is 0.497 e. The van der Waals surface area contributed by atoms with Crippen LogP contribution in [0.5, 0.6) is 11.5 Å². The summed E-state index contributed by atoms with van der Waals surface area (Å²) >= 11 is 0. The Kier molecular flexibility index (Phi) is 4.08. The van der Waals surface area contributed by atoms with Crippen molar-refractivity contribution in [2.24, 2.45) is 0 Å². The Morgan fingerprint density at radius 1 is 1.00 bits per heavy atom. The summed E-state index contributed by atoms with van der Waals surface area (Å²) in [4.78, 5) is 26.7. The molecular formula is C19H17NO4. The van der Waals surface area contributed by atoms with Gasteiger partial charge in [-0.3, -0.25) is 9.59 Å². The van der Waals surface area contributed by atoms with Crippen molar-refractivity contribution in [1.82, 2.24) is 4.98 Å². The molecule has 122 valence electrons. The van der Waals surface area contributed by atoms with Gasteiger partial charge in [-0.05, 0) is 18.6 Å². The van der Waals surface area contributed by atoms with Gasteiger partial charge in [0.2, 0.25) is 0 Å². The molecule has 3 rings (SSSR count). The molecule has 3 aromatic rings. The molecule has 1 aromatic heterocycles. The van der Waals surface area contributed by atoms with Crippen molar-refractivity contribution in [1.29, 1.82) is 0 Å². The van der Waals surface area contributed by atoms with E-state index in [0.717, 1.165) is 10.9 Å². The number of fused-ring (bicyclic) bond motifs is 1. The highest BCUT2D eigenvalue weighted by Crippen LogP contribution is 2.31. The number of ketones is 1. The minimum Gasteiger partial charge on any atom is -0.497 e. The summed E-state index contributed by atoms with van der Waals surface area (Å²) in [6.07, 6.45) is 0. The number of methoxy groups -OCH3 is 2. The van der Waals surface area contributed by atoms with Gasteiger partial charge in [0.15, 0.2) is 5.78 Å². The van der Waals surface area contributed by atoms with Gasteiger partial charge >= 0.3 is 0 Å². The van der Waals surface area contributed by atoms with Crippen LogP contribution < -0.4 is 15.0 Å². The van der Waals surface area contributed by atoms with E-state index in [1.54, 1.807) is 56.7 Å². The van der Waals surface area contributed by atoms with Gasteiger partial charge in [0.25, 0.3) is 5.56 Å². The summed E-state index contributed by atoms with van der Waals surface area (Å²) in [6, 6.07) is 12.3. The molecule has 0 unspecified atom stereocenters. The molecule has 0 aliphatic heterocycles. The van der Waals surface area contributed by atoms with Gasteiger partial charge in [-0.15, -0.1) is 0 Å². The van der Waals surface area contributed by atoms with Crippen LogP contribution in [-0.4, -0.2) is 25.0 Å². The number of nitrogens with one attached hydrogen (secondary N) is 1. The Morgan fingerprint density at radius 2 is 1.71 bits per heavy atom. The molecule has 24 heavy (non-hydrogen) atoms. The highest BCUT2D eigenvalue weighted by molar-refractivity contribution is 5.95. The number of hydrogen-bond donors (Lipinski definition) is 1. The zero-order chi connectivity index (χ0) is 17.3. The third-order valence-electron chi connectivity index (χ3n) is 3.96. The third-order valence-corrected chi connectivity index (χ3v) is 3.96. The molecule has 2 aromatic carbocycles. The number of rotatable bonds is 4. The van der Waals surface area contributed by atoms with Crippen molar-refractivity contribution in [3.05, 3.63) is 58.4 Å². The molecule has 0 saturated carbocycles. The molecule has 5 heteroatoms. The first-order valence-corrected chi connectivity index (χ1v) is 7.44. The van der Waals surface area contributed by atoms with Crippen molar-refractivity contribution < 1.29 is 14.3 Å². The van der Waals surface area contributed by atoms with Crippen LogP contribution >= 0.6 is 0 Å². The topological polar surface area (TPSA) is 68.4 Å². The van der Waals surface area contributed by atoms with Gasteiger partial charge < -0.3 is 14.5 Å². The lowest BCUT2D eigenvalue weighted by Crippen LogP contribution is -2.09. The van der Waals surface area contributed by atoms with Crippen molar-refractivity contribution >= 4 is 16.7 Å². The van der Waals surface area contributed by atoms with E-state index in [2.05, 4.69) is 4.98 Å². The number of Topliss-reactive ketones (excluding diaryl/α,β-unsaturated/α-hetero) is 1. The number of aromatic nitrogens is 1. The normalized spacial score (nSPS) is 10.6. The van der Waals surface area contributed by atoms with Crippen molar-refractivity contribution in [2.45, 2.75) is 6.92 Å². The minimum atomic E-state index is -0.214. The maximum atomic E-state index is 12.4. The van der Waals surface area contributed by atoms with Gasteiger partial charge in [0.05, 0.1) is 19.7 Å². The lowest BCUT2D eigenvalue weighted by atomic mass is 10.0. The van der Waals surface area contributed by atoms with Crippen LogP contribution in [0, 0.1) is 0 Å². The van der Waals surface area contributed by atoms with E-state index in [9.17, 15) is 9.59 Å². The average molecular weight is 323 g/mol. The highest BCUT2D eigenvalue weighted by atomic mass is 16.5. The summed E-state index contributed by atoms with van der Waals surface area (Å²) in [5, 5.41) is 0.781. The van der Waals surface area contributed by atoms with Crippen molar-refractivity contribution in [2.75, 3.05) is 14.2 Å². The molecule has 0 spiro atoms. The third kappa shape index (κ3) is 2.76. The predicted octanol–water partition coefficient (Wildman–Crippen LogP) is 3.41. The minimum absolute atomic E-state index is 0.0114. The molecule has 0 atom stereocenters. The lowest BCUT2D eigenvalue weighted by Gasteiger charge is -2.10. The molecule has 0 saturated heterocycles. The number of hydrogen-bond acceptors (Lipinski definition) is 4. The molecule has 0 radical (unpaired) electrons. The molecule has 0 amide bonds. The number of ether oxygens (including phenoxy) is 2. The Hall–Kier alpha value is -3.08. The van der Waals surface area contributed by atoms with Gasteiger partial charge in [-0.25, -0.2) is 0 Å². The first kappa shape index (κ1) is 15.8. The summed E-state index contributed by atoms with van der Waals surface area (Å²) in [6.45, 7) is 1.51. The van der Waals surface area contributed by atoms with E-state index in [0.29, 0.717) is 28.1 Å². The van der Waals surface area contributed by atoms with Gasteiger partial charge in [0.1, 0.15) is 11.5 Å². The van der Waals surface area contributed by atoms with Gasteiger partial charge in [0, 0.05) is 28.6 Å². The first-order chi connectivity index (χ1) is 11.5. The number of H-pyrrole nitrogens is 1. The maximum absolute atomic E-state index is 12.4. The second-order valence-corrected chi connectivity index (χ2v) is 5.44. The van der Waals surface area contributed by atoms with Crippen LogP contribution in [-0.2, 0) is 0 Å². The lowest BCUT2D eigenvalue weighted by molar-refractivity contribution is 0.101. The first-order valence-electron chi connectivity index (χ1n) is 7.44. The van der Waals surface area contributed by atoms with Gasteiger partial charge in [-0.1, -0.05) is 24.3 Å². The van der Waals surface area contributed by atoms with Gasteiger partial charge in [-0.2, -0.15) is 0 Å². The standard InChI is InChI=1S/C19H17NO4/c1-11(21)12-4-6-13(7-5-12)15-10-16-17(20-19(15)22)8-14(23-2)9-18(16)24-3/h4-10H,1-3H3,(H,20,22). The molecular weight excluding hydrogens is 306 g/mol. The summed E-state index contributed by atoms with van der Waals surface area (Å²) in [5.74, 6) is 1.21. The zero-order valence-electron chi connectivity index (χ0n) is 13.7. The van der Waals surface area contributed by atoms with E-state index in [1.165, 1.54) is 6.92 Å². The Balaban J connectivity index is 2.20. The zero-order valence-corrected chi connectivity index (χ0v) is 13.7. The monoisotopic (exact) mass is 323 g/mol. The smallest absolute Gasteiger partial charge is 0.256 e. The Morgan fingerprint density at radius 3 is 2.29 bits per heavy atom. The second-order valence-electron chi connectivity index (χ2n) is 5.44. The number of carbonyl (C=O) groups is 1.